The standard InChI is InChI=1S/C18H14Br2N4O2/c19-15-8-13(9-16(20)17(15)25)10-21-23-18(26)14-4-1-3-12(7-14)11-24-6-2-5-22-24/h1-10,25H,11H2,(H,23,26). The molecule has 1 amide bonds. The van der Waals surface area contributed by atoms with Crippen molar-refractivity contribution >= 4 is 44.0 Å². The van der Waals surface area contributed by atoms with Gasteiger partial charge in [0.2, 0.25) is 0 Å². The Kier molecular flexibility index (Phi) is 5.85. The van der Waals surface area contributed by atoms with E-state index in [2.05, 4.69) is 47.5 Å². The van der Waals surface area contributed by atoms with E-state index in [4.69, 9.17) is 0 Å². The molecule has 1 heterocycles. The van der Waals surface area contributed by atoms with Gasteiger partial charge >= 0.3 is 0 Å². The van der Waals surface area contributed by atoms with E-state index in [1.807, 2.05) is 24.4 Å². The third-order valence-corrected chi connectivity index (χ3v) is 4.72. The Morgan fingerprint density at radius 2 is 2.00 bits per heavy atom. The van der Waals surface area contributed by atoms with Crippen molar-refractivity contribution in [2.75, 3.05) is 0 Å². The molecule has 0 atom stereocenters. The van der Waals surface area contributed by atoms with Gasteiger partial charge in [-0.25, -0.2) is 5.43 Å². The number of aromatic nitrogens is 2. The van der Waals surface area contributed by atoms with E-state index in [0.717, 1.165) is 5.56 Å². The Hall–Kier alpha value is -2.45. The SMILES string of the molecule is O=C(NN=Cc1cc(Br)c(O)c(Br)c1)c1cccc(Cn2cccn2)c1. The summed E-state index contributed by atoms with van der Waals surface area (Å²) in [6, 6.07) is 12.5. The van der Waals surface area contributed by atoms with Gasteiger partial charge in [0.25, 0.3) is 5.91 Å². The number of hydrogen-bond acceptors (Lipinski definition) is 4. The number of amides is 1. The molecule has 26 heavy (non-hydrogen) atoms. The van der Waals surface area contributed by atoms with Crippen molar-refractivity contribution in [3.05, 3.63) is 80.5 Å². The highest BCUT2D eigenvalue weighted by Crippen LogP contribution is 2.32. The maximum atomic E-state index is 12.3. The molecule has 0 spiro atoms. The molecule has 3 rings (SSSR count). The van der Waals surface area contributed by atoms with E-state index in [1.165, 1.54) is 6.21 Å². The highest BCUT2D eigenvalue weighted by molar-refractivity contribution is 9.11. The zero-order valence-corrected chi connectivity index (χ0v) is 16.6. The number of halogens is 2. The highest BCUT2D eigenvalue weighted by atomic mass is 79.9. The van der Waals surface area contributed by atoms with Crippen LogP contribution in [0.3, 0.4) is 0 Å². The number of hydrazone groups is 1. The van der Waals surface area contributed by atoms with Crippen molar-refractivity contribution in [2.45, 2.75) is 6.54 Å². The van der Waals surface area contributed by atoms with Crippen LogP contribution in [0.5, 0.6) is 5.75 Å². The van der Waals surface area contributed by atoms with Gasteiger partial charge in [0.1, 0.15) is 5.75 Å². The number of nitrogens with one attached hydrogen (secondary N) is 1. The van der Waals surface area contributed by atoms with Crippen LogP contribution in [0.4, 0.5) is 0 Å². The molecule has 0 bridgehead atoms. The summed E-state index contributed by atoms with van der Waals surface area (Å²) >= 11 is 6.50. The molecule has 8 heteroatoms. The van der Waals surface area contributed by atoms with Crippen LogP contribution in [0.25, 0.3) is 0 Å². The van der Waals surface area contributed by atoms with Crippen LogP contribution in [0.15, 0.2) is 68.9 Å². The molecular formula is C18H14Br2N4O2. The second-order valence-corrected chi connectivity index (χ2v) is 7.14. The molecular weight excluding hydrogens is 464 g/mol. The predicted molar refractivity (Wildman–Crippen MR) is 106 cm³/mol. The molecule has 0 fully saturated rings. The molecule has 6 nitrogen and oxygen atoms in total. The number of carbonyl (C=O) groups is 1. The largest absolute Gasteiger partial charge is 0.506 e. The lowest BCUT2D eigenvalue weighted by Crippen LogP contribution is -2.18. The lowest BCUT2D eigenvalue weighted by Gasteiger charge is -2.05. The monoisotopic (exact) mass is 476 g/mol. The van der Waals surface area contributed by atoms with Gasteiger partial charge in [0, 0.05) is 18.0 Å². The number of phenolic OH excluding ortho intramolecular Hbond substituents is 1. The average Bonchev–Trinajstić information content (AvgIpc) is 3.12. The predicted octanol–water partition coefficient (Wildman–Crippen LogP) is 3.93. The molecule has 0 aliphatic rings. The number of hydrogen-bond donors (Lipinski definition) is 2. The van der Waals surface area contributed by atoms with Crippen LogP contribution >= 0.6 is 31.9 Å². The van der Waals surface area contributed by atoms with Crippen molar-refractivity contribution in [1.29, 1.82) is 0 Å². The molecule has 2 aromatic carbocycles. The Bertz CT molecular complexity index is 933. The van der Waals surface area contributed by atoms with Crippen molar-refractivity contribution in [3.8, 4) is 5.75 Å². The summed E-state index contributed by atoms with van der Waals surface area (Å²) in [7, 11) is 0. The Balaban J connectivity index is 1.66. The molecule has 2 N–H and O–H groups in total. The molecule has 132 valence electrons. The summed E-state index contributed by atoms with van der Waals surface area (Å²) in [4.78, 5) is 12.3. The summed E-state index contributed by atoms with van der Waals surface area (Å²) in [5.74, 6) is -0.194. The van der Waals surface area contributed by atoms with Crippen molar-refractivity contribution < 1.29 is 9.90 Å². The topological polar surface area (TPSA) is 79.5 Å². The van der Waals surface area contributed by atoms with E-state index >= 15 is 0 Å². The first-order chi connectivity index (χ1) is 12.5. The molecule has 0 saturated heterocycles. The number of aromatic hydroxyl groups is 1. The molecule has 3 aromatic rings. The van der Waals surface area contributed by atoms with Gasteiger partial charge in [-0.3, -0.25) is 9.48 Å². The minimum atomic E-state index is -0.305. The lowest BCUT2D eigenvalue weighted by atomic mass is 10.1. The Morgan fingerprint density at radius 1 is 1.23 bits per heavy atom. The zero-order valence-electron chi connectivity index (χ0n) is 13.4. The molecule has 1 aromatic heterocycles. The van der Waals surface area contributed by atoms with Crippen LogP contribution < -0.4 is 5.43 Å². The third kappa shape index (κ3) is 4.59. The molecule has 0 aliphatic heterocycles. The number of rotatable bonds is 5. The van der Waals surface area contributed by atoms with Crippen LogP contribution in [-0.4, -0.2) is 27.0 Å². The van der Waals surface area contributed by atoms with Crippen LogP contribution in [0.2, 0.25) is 0 Å². The van der Waals surface area contributed by atoms with Gasteiger partial charge in [0.05, 0.1) is 21.7 Å². The summed E-state index contributed by atoms with van der Waals surface area (Å²) in [6.07, 6.45) is 5.08. The van der Waals surface area contributed by atoms with Gasteiger partial charge in [-0.05, 0) is 73.3 Å². The first-order valence-electron chi connectivity index (χ1n) is 7.61. The molecule has 0 saturated carbocycles. The first kappa shape index (κ1) is 18.3. The maximum Gasteiger partial charge on any atom is 0.271 e. The molecule has 0 aliphatic carbocycles. The Labute approximate surface area is 166 Å². The number of phenols is 1. The lowest BCUT2D eigenvalue weighted by molar-refractivity contribution is 0.0955. The van der Waals surface area contributed by atoms with E-state index in [1.54, 1.807) is 35.1 Å². The van der Waals surface area contributed by atoms with Crippen molar-refractivity contribution in [2.24, 2.45) is 5.10 Å². The van der Waals surface area contributed by atoms with Crippen LogP contribution in [0, 0.1) is 0 Å². The fourth-order valence-corrected chi connectivity index (χ4v) is 3.50. The van der Waals surface area contributed by atoms with Gasteiger partial charge in [-0.2, -0.15) is 10.2 Å². The number of benzene rings is 2. The fraction of sp³-hybridized carbons (Fsp3) is 0.0556. The summed E-state index contributed by atoms with van der Waals surface area (Å²) in [5, 5.41) is 17.8. The summed E-state index contributed by atoms with van der Waals surface area (Å²) in [6.45, 7) is 0.590. The fourth-order valence-electron chi connectivity index (χ4n) is 2.28. The van der Waals surface area contributed by atoms with Gasteiger partial charge < -0.3 is 5.11 Å². The quantitative estimate of drug-likeness (QED) is 0.431. The average molecular weight is 478 g/mol. The number of carbonyl (C=O) groups excluding carboxylic acids is 1. The van der Waals surface area contributed by atoms with Crippen LogP contribution in [-0.2, 0) is 6.54 Å². The van der Waals surface area contributed by atoms with Crippen molar-refractivity contribution in [1.82, 2.24) is 15.2 Å². The molecule has 0 radical (unpaired) electrons. The molecule has 0 unspecified atom stereocenters. The van der Waals surface area contributed by atoms with E-state index in [-0.39, 0.29) is 11.7 Å². The van der Waals surface area contributed by atoms with Gasteiger partial charge in [-0.15, -0.1) is 0 Å². The van der Waals surface area contributed by atoms with E-state index in [0.29, 0.717) is 26.6 Å². The minimum absolute atomic E-state index is 0.111. The second-order valence-electron chi connectivity index (χ2n) is 5.44. The zero-order chi connectivity index (χ0) is 18.5. The van der Waals surface area contributed by atoms with Crippen LogP contribution in [0.1, 0.15) is 21.5 Å². The number of nitrogens with zero attached hydrogens (tertiary/aromatic N) is 3. The highest BCUT2D eigenvalue weighted by Gasteiger charge is 2.07. The van der Waals surface area contributed by atoms with E-state index in [9.17, 15) is 9.90 Å². The minimum Gasteiger partial charge on any atom is -0.506 e. The second kappa shape index (κ2) is 8.29. The van der Waals surface area contributed by atoms with Gasteiger partial charge in [0.15, 0.2) is 0 Å². The summed E-state index contributed by atoms with van der Waals surface area (Å²) in [5.41, 5.74) is 4.70. The first-order valence-corrected chi connectivity index (χ1v) is 9.19. The normalized spacial score (nSPS) is 11.0. The maximum absolute atomic E-state index is 12.3. The third-order valence-electron chi connectivity index (χ3n) is 3.51. The van der Waals surface area contributed by atoms with Crippen molar-refractivity contribution in [3.63, 3.8) is 0 Å². The van der Waals surface area contributed by atoms with E-state index < -0.39 is 0 Å². The smallest absolute Gasteiger partial charge is 0.271 e. The summed E-state index contributed by atoms with van der Waals surface area (Å²) < 4.78 is 2.85. The van der Waals surface area contributed by atoms with Gasteiger partial charge in [-0.1, -0.05) is 12.1 Å². The Morgan fingerprint density at radius 3 is 2.69 bits per heavy atom.